The molecule has 0 heterocycles. The predicted octanol–water partition coefficient (Wildman–Crippen LogP) is 1.35. The molecule has 0 spiro atoms. The van der Waals surface area contributed by atoms with Crippen LogP contribution in [-0.4, -0.2) is 24.5 Å². The van der Waals surface area contributed by atoms with E-state index in [1.54, 1.807) is 13.8 Å². The number of esters is 1. The van der Waals surface area contributed by atoms with Gasteiger partial charge in [-0.1, -0.05) is 20.8 Å². The summed E-state index contributed by atoms with van der Waals surface area (Å²) in [5.74, 6) is -0.325. The fourth-order valence-corrected chi connectivity index (χ4v) is 0.974. The van der Waals surface area contributed by atoms with E-state index in [2.05, 4.69) is 5.32 Å². The normalized spacial score (nSPS) is 14.5. The summed E-state index contributed by atoms with van der Waals surface area (Å²) in [6.07, 6.45) is 0. The van der Waals surface area contributed by atoms with Gasteiger partial charge in [0.25, 0.3) is 0 Å². The van der Waals surface area contributed by atoms with Gasteiger partial charge in [0.05, 0.1) is 6.61 Å². The monoisotopic (exact) mass is 215 g/mol. The zero-order valence-electron chi connectivity index (χ0n) is 10.2. The van der Waals surface area contributed by atoms with Crippen molar-refractivity contribution < 1.29 is 14.3 Å². The van der Waals surface area contributed by atoms with Crippen LogP contribution >= 0.6 is 0 Å². The molecule has 0 rings (SSSR count). The van der Waals surface area contributed by atoms with Gasteiger partial charge >= 0.3 is 5.97 Å². The van der Waals surface area contributed by atoms with Crippen LogP contribution in [0.5, 0.6) is 0 Å². The Morgan fingerprint density at radius 2 is 1.73 bits per heavy atom. The van der Waals surface area contributed by atoms with Crippen molar-refractivity contribution in [1.82, 2.24) is 5.32 Å². The van der Waals surface area contributed by atoms with Crippen LogP contribution in [0.25, 0.3) is 0 Å². The van der Waals surface area contributed by atoms with Gasteiger partial charge in [0, 0.05) is 5.92 Å². The topological polar surface area (TPSA) is 55.4 Å². The van der Waals surface area contributed by atoms with Crippen molar-refractivity contribution in [3.05, 3.63) is 0 Å². The molecule has 4 heteroatoms. The van der Waals surface area contributed by atoms with Gasteiger partial charge in [0.2, 0.25) is 5.91 Å². The average Bonchev–Trinajstić information content (AvgIpc) is 2.16. The Labute approximate surface area is 91.4 Å². The zero-order valence-corrected chi connectivity index (χ0v) is 10.2. The molecular formula is C11H21NO3. The Morgan fingerprint density at radius 3 is 2.13 bits per heavy atom. The second kappa shape index (κ2) is 6.43. The van der Waals surface area contributed by atoms with Gasteiger partial charge in [-0.25, -0.2) is 4.79 Å². The second-order valence-electron chi connectivity index (χ2n) is 4.02. The van der Waals surface area contributed by atoms with Crippen molar-refractivity contribution in [2.75, 3.05) is 6.61 Å². The summed E-state index contributed by atoms with van der Waals surface area (Å²) >= 11 is 0. The highest BCUT2D eigenvalue weighted by Crippen LogP contribution is 2.09. The minimum Gasteiger partial charge on any atom is -0.464 e. The molecule has 2 unspecified atom stereocenters. The first-order chi connectivity index (χ1) is 6.90. The van der Waals surface area contributed by atoms with E-state index in [1.165, 1.54) is 0 Å². The number of amides is 1. The third-order valence-corrected chi connectivity index (χ3v) is 2.41. The number of ether oxygens (including phenoxy) is 1. The number of nitrogens with one attached hydrogen (secondary N) is 1. The third kappa shape index (κ3) is 4.81. The Kier molecular flexibility index (Phi) is 5.97. The van der Waals surface area contributed by atoms with Gasteiger partial charge < -0.3 is 10.1 Å². The number of carbonyl (C=O) groups is 2. The standard InChI is InChI=1S/C11H21NO3/c1-6-15-11(14)9(5)12-10(13)8(4)7(2)3/h7-9H,6H2,1-5H3,(H,12,13). The molecular weight excluding hydrogens is 194 g/mol. The lowest BCUT2D eigenvalue weighted by atomic mass is 9.97. The number of hydrogen-bond acceptors (Lipinski definition) is 3. The Morgan fingerprint density at radius 1 is 1.20 bits per heavy atom. The average molecular weight is 215 g/mol. The molecule has 0 aliphatic heterocycles. The van der Waals surface area contributed by atoms with E-state index in [4.69, 9.17) is 4.74 Å². The Hall–Kier alpha value is -1.06. The minimum absolute atomic E-state index is 0.0955. The van der Waals surface area contributed by atoms with E-state index in [-0.39, 0.29) is 23.7 Å². The van der Waals surface area contributed by atoms with E-state index in [0.29, 0.717) is 6.61 Å². The fourth-order valence-electron chi connectivity index (χ4n) is 0.974. The van der Waals surface area contributed by atoms with E-state index in [0.717, 1.165) is 0 Å². The molecule has 0 aromatic carbocycles. The van der Waals surface area contributed by atoms with Gasteiger partial charge in [-0.15, -0.1) is 0 Å². The lowest BCUT2D eigenvalue weighted by molar-refractivity contribution is -0.147. The number of rotatable bonds is 5. The maximum absolute atomic E-state index is 11.6. The van der Waals surface area contributed by atoms with Crippen molar-refractivity contribution in [2.45, 2.75) is 40.7 Å². The van der Waals surface area contributed by atoms with Gasteiger partial charge in [-0.3, -0.25) is 4.79 Å². The van der Waals surface area contributed by atoms with Crippen molar-refractivity contribution in [3.63, 3.8) is 0 Å². The first-order valence-electron chi connectivity index (χ1n) is 5.37. The SMILES string of the molecule is CCOC(=O)C(C)NC(=O)C(C)C(C)C. The fraction of sp³-hybridized carbons (Fsp3) is 0.818. The van der Waals surface area contributed by atoms with Crippen LogP contribution < -0.4 is 5.32 Å². The molecule has 0 saturated heterocycles. The third-order valence-electron chi connectivity index (χ3n) is 2.41. The molecule has 0 aromatic heterocycles. The molecule has 2 atom stereocenters. The molecule has 15 heavy (non-hydrogen) atoms. The Bertz CT molecular complexity index is 226. The second-order valence-corrected chi connectivity index (χ2v) is 4.02. The number of hydrogen-bond donors (Lipinski definition) is 1. The number of carbonyl (C=O) groups excluding carboxylic acids is 2. The maximum atomic E-state index is 11.6. The molecule has 1 N–H and O–H groups in total. The summed E-state index contributed by atoms with van der Waals surface area (Å²) in [7, 11) is 0. The summed E-state index contributed by atoms with van der Waals surface area (Å²) in [6.45, 7) is 9.49. The molecule has 1 amide bonds. The van der Waals surface area contributed by atoms with Crippen molar-refractivity contribution in [1.29, 1.82) is 0 Å². The van der Waals surface area contributed by atoms with Crippen LogP contribution in [0.3, 0.4) is 0 Å². The molecule has 4 nitrogen and oxygen atoms in total. The summed E-state index contributed by atoms with van der Waals surface area (Å²) in [6, 6.07) is -0.571. The van der Waals surface area contributed by atoms with E-state index < -0.39 is 6.04 Å². The van der Waals surface area contributed by atoms with Crippen LogP contribution in [0.4, 0.5) is 0 Å². The van der Waals surface area contributed by atoms with Crippen LogP contribution in [0.1, 0.15) is 34.6 Å². The van der Waals surface area contributed by atoms with Crippen molar-refractivity contribution in [3.8, 4) is 0 Å². The summed E-state index contributed by atoms with van der Waals surface area (Å²) < 4.78 is 4.79. The van der Waals surface area contributed by atoms with Gasteiger partial charge in [-0.2, -0.15) is 0 Å². The van der Waals surface area contributed by atoms with Crippen LogP contribution in [0.2, 0.25) is 0 Å². The van der Waals surface area contributed by atoms with Crippen LogP contribution in [0, 0.1) is 11.8 Å². The van der Waals surface area contributed by atoms with Gasteiger partial charge in [0.1, 0.15) is 6.04 Å². The maximum Gasteiger partial charge on any atom is 0.328 e. The molecule has 0 aliphatic carbocycles. The summed E-state index contributed by atoms with van der Waals surface area (Å²) in [5, 5.41) is 2.63. The highest BCUT2D eigenvalue weighted by atomic mass is 16.5. The zero-order chi connectivity index (χ0) is 12.0. The molecule has 0 bridgehead atoms. The minimum atomic E-state index is -0.571. The molecule has 88 valence electrons. The summed E-state index contributed by atoms with van der Waals surface area (Å²) in [5.41, 5.74) is 0. The molecule has 0 aromatic rings. The lowest BCUT2D eigenvalue weighted by Crippen LogP contribution is -2.43. The lowest BCUT2D eigenvalue weighted by Gasteiger charge is -2.18. The highest BCUT2D eigenvalue weighted by Gasteiger charge is 2.21. The van der Waals surface area contributed by atoms with Gasteiger partial charge in [0.15, 0.2) is 0 Å². The molecule has 0 fully saturated rings. The largest absolute Gasteiger partial charge is 0.464 e. The van der Waals surface area contributed by atoms with Crippen molar-refractivity contribution >= 4 is 11.9 Å². The Balaban J connectivity index is 4.12. The predicted molar refractivity (Wildman–Crippen MR) is 58.2 cm³/mol. The first-order valence-corrected chi connectivity index (χ1v) is 5.37. The van der Waals surface area contributed by atoms with Crippen LogP contribution in [0.15, 0.2) is 0 Å². The first kappa shape index (κ1) is 13.9. The highest BCUT2D eigenvalue weighted by molar-refractivity contribution is 5.85. The van der Waals surface area contributed by atoms with Crippen molar-refractivity contribution in [2.24, 2.45) is 11.8 Å². The van der Waals surface area contributed by atoms with Gasteiger partial charge in [-0.05, 0) is 19.8 Å². The smallest absolute Gasteiger partial charge is 0.328 e. The quantitative estimate of drug-likeness (QED) is 0.704. The van der Waals surface area contributed by atoms with E-state index >= 15 is 0 Å². The summed E-state index contributed by atoms with van der Waals surface area (Å²) in [4.78, 5) is 22.8. The van der Waals surface area contributed by atoms with Crippen LogP contribution in [-0.2, 0) is 14.3 Å². The van der Waals surface area contributed by atoms with E-state index in [9.17, 15) is 9.59 Å². The van der Waals surface area contributed by atoms with E-state index in [1.807, 2.05) is 20.8 Å². The molecule has 0 radical (unpaired) electrons. The molecule has 0 saturated carbocycles. The molecule has 0 aliphatic rings.